The molecule has 15 heavy (non-hydrogen) atoms. The lowest BCUT2D eigenvalue weighted by Gasteiger charge is -2.02. The Morgan fingerprint density at radius 1 is 1.20 bits per heavy atom. The van der Waals surface area contributed by atoms with Crippen LogP contribution in [0.25, 0.3) is 0 Å². The minimum Gasteiger partial charge on any atom is -0.503 e. The SMILES string of the molecule is NCCCCC[n+]1cc(O)ccc1CO. The predicted octanol–water partition coefficient (Wildman–Crippen LogP) is 0.301. The van der Waals surface area contributed by atoms with Gasteiger partial charge in [0.25, 0.3) is 0 Å². The van der Waals surface area contributed by atoms with Crippen LogP contribution in [0.4, 0.5) is 0 Å². The molecule has 0 saturated heterocycles. The molecule has 0 radical (unpaired) electrons. The summed E-state index contributed by atoms with van der Waals surface area (Å²) in [6.07, 6.45) is 4.75. The Hall–Kier alpha value is -1.13. The molecule has 0 saturated carbocycles. The lowest BCUT2D eigenvalue weighted by Crippen LogP contribution is -2.38. The third kappa shape index (κ3) is 3.85. The van der Waals surface area contributed by atoms with Gasteiger partial charge in [-0.2, -0.15) is 4.57 Å². The summed E-state index contributed by atoms with van der Waals surface area (Å²) in [5.41, 5.74) is 6.22. The normalized spacial score (nSPS) is 10.5. The number of aliphatic hydroxyl groups excluding tert-OH is 1. The average Bonchev–Trinajstić information content (AvgIpc) is 2.25. The quantitative estimate of drug-likeness (QED) is 0.468. The van der Waals surface area contributed by atoms with Gasteiger partial charge in [-0.05, 0) is 25.5 Å². The van der Waals surface area contributed by atoms with E-state index in [9.17, 15) is 5.11 Å². The summed E-state index contributed by atoms with van der Waals surface area (Å²) < 4.78 is 1.88. The van der Waals surface area contributed by atoms with Crippen LogP contribution >= 0.6 is 0 Å². The van der Waals surface area contributed by atoms with E-state index in [0.717, 1.165) is 38.0 Å². The Morgan fingerprint density at radius 3 is 2.67 bits per heavy atom. The molecule has 84 valence electrons. The second-order valence-corrected chi connectivity index (χ2v) is 3.58. The third-order valence-corrected chi connectivity index (χ3v) is 2.37. The zero-order valence-corrected chi connectivity index (χ0v) is 8.89. The van der Waals surface area contributed by atoms with Gasteiger partial charge in [-0.1, -0.05) is 0 Å². The van der Waals surface area contributed by atoms with Gasteiger partial charge in [0.2, 0.25) is 11.9 Å². The van der Waals surface area contributed by atoms with Crippen molar-refractivity contribution in [2.24, 2.45) is 5.73 Å². The first-order chi connectivity index (χ1) is 7.27. The van der Waals surface area contributed by atoms with Gasteiger partial charge < -0.3 is 15.9 Å². The van der Waals surface area contributed by atoms with E-state index in [2.05, 4.69) is 0 Å². The van der Waals surface area contributed by atoms with E-state index >= 15 is 0 Å². The summed E-state index contributed by atoms with van der Waals surface area (Å²) in [4.78, 5) is 0. The first-order valence-electron chi connectivity index (χ1n) is 5.30. The number of unbranched alkanes of at least 4 members (excludes halogenated alkanes) is 2. The van der Waals surface area contributed by atoms with Crippen LogP contribution in [0.2, 0.25) is 0 Å². The van der Waals surface area contributed by atoms with E-state index in [0.29, 0.717) is 0 Å². The van der Waals surface area contributed by atoms with Crippen molar-refractivity contribution in [2.45, 2.75) is 32.4 Å². The van der Waals surface area contributed by atoms with Crippen LogP contribution in [0.3, 0.4) is 0 Å². The Kier molecular flexibility index (Phi) is 5.07. The maximum absolute atomic E-state index is 9.31. The third-order valence-electron chi connectivity index (χ3n) is 2.37. The van der Waals surface area contributed by atoms with Crippen molar-refractivity contribution in [1.82, 2.24) is 0 Å². The summed E-state index contributed by atoms with van der Waals surface area (Å²) in [7, 11) is 0. The summed E-state index contributed by atoms with van der Waals surface area (Å²) >= 11 is 0. The van der Waals surface area contributed by atoms with Gasteiger partial charge in [0.1, 0.15) is 13.2 Å². The fourth-order valence-electron chi connectivity index (χ4n) is 1.52. The number of nitrogens with zero attached hydrogens (tertiary/aromatic N) is 1. The van der Waals surface area contributed by atoms with Gasteiger partial charge in [-0.15, -0.1) is 0 Å². The number of hydrogen-bond acceptors (Lipinski definition) is 3. The Labute approximate surface area is 90.0 Å². The maximum atomic E-state index is 9.31. The number of aliphatic hydroxyl groups is 1. The molecule has 0 atom stereocenters. The second-order valence-electron chi connectivity index (χ2n) is 3.58. The molecule has 0 aliphatic heterocycles. The van der Waals surface area contributed by atoms with Crippen LogP contribution in [0.5, 0.6) is 5.75 Å². The van der Waals surface area contributed by atoms with Gasteiger partial charge in [-0.25, -0.2) is 0 Å². The highest BCUT2D eigenvalue weighted by molar-refractivity contribution is 5.13. The number of rotatable bonds is 6. The molecular formula is C11H19N2O2+. The maximum Gasteiger partial charge on any atom is 0.211 e. The largest absolute Gasteiger partial charge is 0.503 e. The fourth-order valence-corrected chi connectivity index (χ4v) is 1.52. The van der Waals surface area contributed by atoms with E-state index in [1.165, 1.54) is 0 Å². The predicted molar refractivity (Wildman–Crippen MR) is 57.1 cm³/mol. The number of pyridine rings is 1. The van der Waals surface area contributed by atoms with E-state index in [4.69, 9.17) is 10.8 Å². The van der Waals surface area contributed by atoms with Gasteiger partial charge in [-0.3, -0.25) is 0 Å². The summed E-state index contributed by atoms with van der Waals surface area (Å²) in [6.45, 7) is 1.53. The van der Waals surface area contributed by atoms with Gasteiger partial charge in [0.05, 0.1) is 0 Å². The second kappa shape index (κ2) is 6.37. The van der Waals surface area contributed by atoms with Crippen LogP contribution in [0.1, 0.15) is 25.0 Å². The molecule has 0 aliphatic carbocycles. The van der Waals surface area contributed by atoms with E-state index in [-0.39, 0.29) is 12.4 Å². The van der Waals surface area contributed by atoms with Crippen molar-refractivity contribution in [3.8, 4) is 5.75 Å². The minimum absolute atomic E-state index is 0.00281. The van der Waals surface area contributed by atoms with E-state index < -0.39 is 0 Å². The molecule has 0 unspecified atom stereocenters. The molecule has 4 N–H and O–H groups in total. The molecule has 1 heterocycles. The highest BCUT2D eigenvalue weighted by Gasteiger charge is 2.09. The van der Waals surface area contributed by atoms with E-state index in [1.807, 2.05) is 4.57 Å². The van der Waals surface area contributed by atoms with Crippen molar-refractivity contribution in [3.63, 3.8) is 0 Å². The lowest BCUT2D eigenvalue weighted by molar-refractivity contribution is -0.706. The van der Waals surface area contributed by atoms with Crippen molar-refractivity contribution in [2.75, 3.05) is 6.54 Å². The summed E-state index contributed by atoms with van der Waals surface area (Å²) in [6, 6.07) is 3.32. The fraction of sp³-hybridized carbons (Fsp3) is 0.545. The van der Waals surface area contributed by atoms with Crippen molar-refractivity contribution < 1.29 is 14.8 Å². The number of hydrogen-bond donors (Lipinski definition) is 3. The summed E-state index contributed by atoms with van der Waals surface area (Å²) in [5.74, 6) is 0.228. The first-order valence-corrected chi connectivity index (χ1v) is 5.30. The lowest BCUT2D eigenvalue weighted by atomic mass is 10.2. The van der Waals surface area contributed by atoms with Crippen molar-refractivity contribution >= 4 is 0 Å². The average molecular weight is 211 g/mol. The van der Waals surface area contributed by atoms with Crippen LogP contribution < -0.4 is 10.3 Å². The van der Waals surface area contributed by atoms with Crippen LogP contribution in [0.15, 0.2) is 18.3 Å². The zero-order valence-electron chi connectivity index (χ0n) is 8.89. The molecule has 0 amide bonds. The molecule has 1 aromatic rings. The highest BCUT2D eigenvalue weighted by Crippen LogP contribution is 2.05. The van der Waals surface area contributed by atoms with Gasteiger partial charge in [0.15, 0.2) is 5.75 Å². The Bertz CT molecular complexity index is 303. The zero-order chi connectivity index (χ0) is 11.1. The molecule has 0 aromatic carbocycles. The van der Waals surface area contributed by atoms with Crippen molar-refractivity contribution in [3.05, 3.63) is 24.0 Å². The first kappa shape index (κ1) is 11.9. The number of aromatic nitrogens is 1. The molecule has 1 aromatic heterocycles. The smallest absolute Gasteiger partial charge is 0.211 e. The number of aromatic hydroxyl groups is 1. The van der Waals surface area contributed by atoms with Crippen LogP contribution in [0, 0.1) is 0 Å². The monoisotopic (exact) mass is 211 g/mol. The highest BCUT2D eigenvalue weighted by atomic mass is 16.3. The van der Waals surface area contributed by atoms with Crippen LogP contribution in [-0.2, 0) is 13.2 Å². The number of nitrogens with two attached hydrogens (primary N) is 1. The molecule has 1 rings (SSSR count). The van der Waals surface area contributed by atoms with Crippen molar-refractivity contribution in [1.29, 1.82) is 0 Å². The molecule has 0 aliphatic rings. The molecule has 4 nitrogen and oxygen atoms in total. The molecule has 4 heteroatoms. The molecule has 0 fully saturated rings. The topological polar surface area (TPSA) is 70.4 Å². The van der Waals surface area contributed by atoms with Crippen LogP contribution in [-0.4, -0.2) is 16.8 Å². The molecule has 0 spiro atoms. The van der Waals surface area contributed by atoms with Gasteiger partial charge >= 0.3 is 0 Å². The number of aryl methyl sites for hydroxylation is 1. The molecular weight excluding hydrogens is 192 g/mol. The van der Waals surface area contributed by atoms with E-state index in [1.54, 1.807) is 18.3 Å². The summed E-state index contributed by atoms with van der Waals surface area (Å²) in [5, 5.41) is 18.4. The minimum atomic E-state index is -0.00281. The Morgan fingerprint density at radius 2 is 2.00 bits per heavy atom. The molecule has 0 bridgehead atoms. The Balaban J connectivity index is 2.54. The standard InChI is InChI=1S/C11H18N2O2/c12-6-2-1-3-7-13-8-11(15)5-4-10(13)9-14/h4-5,8,14H,1-3,6-7,9,12H2/p+1. The van der Waals surface area contributed by atoms with Gasteiger partial charge in [0, 0.05) is 12.5 Å².